The Kier molecular flexibility index (Phi) is 5.45. The van der Waals surface area contributed by atoms with Crippen LogP contribution in [0, 0.1) is 11.9 Å². The van der Waals surface area contributed by atoms with E-state index in [0.717, 1.165) is 18.8 Å². The molecule has 1 aliphatic heterocycles. The van der Waals surface area contributed by atoms with E-state index in [9.17, 15) is 22.4 Å². The number of carbonyl (C=O) groups excluding carboxylic acids is 1. The van der Waals surface area contributed by atoms with Crippen LogP contribution in [0.4, 0.5) is 23.2 Å². The van der Waals surface area contributed by atoms with Gasteiger partial charge in [0.15, 0.2) is 12.1 Å². The Morgan fingerprint density at radius 3 is 2.50 bits per heavy atom. The molecule has 4 atom stereocenters. The van der Waals surface area contributed by atoms with Crippen LogP contribution in [-0.2, 0) is 6.18 Å². The number of nitrogens with zero attached hydrogens (tertiary/aromatic N) is 4. The molecule has 1 aliphatic carbocycles. The number of carbonyl (C=O) groups is 1. The molecule has 2 aliphatic rings. The van der Waals surface area contributed by atoms with Crippen molar-refractivity contribution in [3.63, 3.8) is 0 Å². The molecule has 3 aromatic rings. The molecule has 5 rings (SSSR count). The standard InChI is InChI=1S/C24H20F4N4O2/c1-13-14-10-19(20(11-14)34-21-7-6-17(22(25)31-21)24(26,27)28)32(13)18-5-2-4-15(16(18)12-33)23-29-8-3-9-30-23/h2-9,12-14,19-20H,10-11H2,1H3/t13-,14-,19+,20-/m1/s1. The Labute approximate surface area is 192 Å². The van der Waals surface area contributed by atoms with Gasteiger partial charge in [0.05, 0.1) is 6.04 Å². The monoisotopic (exact) mass is 472 g/mol. The van der Waals surface area contributed by atoms with Crippen LogP contribution in [0.1, 0.15) is 35.7 Å². The van der Waals surface area contributed by atoms with E-state index in [4.69, 9.17) is 4.74 Å². The molecule has 1 saturated heterocycles. The van der Waals surface area contributed by atoms with E-state index in [0.29, 0.717) is 35.1 Å². The van der Waals surface area contributed by atoms with Gasteiger partial charge in [0.25, 0.3) is 0 Å². The van der Waals surface area contributed by atoms with Crippen molar-refractivity contribution in [3.8, 4) is 17.3 Å². The molecule has 0 N–H and O–H groups in total. The number of pyridine rings is 1. The molecule has 0 spiro atoms. The number of fused-ring (bicyclic) bond motifs is 2. The number of rotatable bonds is 5. The first-order chi connectivity index (χ1) is 16.3. The number of hydrogen-bond acceptors (Lipinski definition) is 6. The lowest BCUT2D eigenvalue weighted by Crippen LogP contribution is -2.48. The quantitative estimate of drug-likeness (QED) is 0.298. The molecule has 176 valence electrons. The molecule has 1 saturated carbocycles. The van der Waals surface area contributed by atoms with Crippen molar-refractivity contribution in [1.29, 1.82) is 0 Å². The number of piperidine rings is 1. The predicted octanol–water partition coefficient (Wildman–Crippen LogP) is 4.94. The normalized spacial score (nSPS) is 23.9. The number of benzene rings is 1. The molecule has 0 amide bonds. The number of halogens is 4. The summed E-state index contributed by atoms with van der Waals surface area (Å²) in [6.07, 6.45) is 0.175. The van der Waals surface area contributed by atoms with Crippen molar-refractivity contribution in [2.24, 2.45) is 5.92 Å². The van der Waals surface area contributed by atoms with Crippen molar-refractivity contribution in [2.45, 2.75) is 44.1 Å². The molecule has 2 fully saturated rings. The number of anilines is 1. The topological polar surface area (TPSA) is 68.2 Å². The largest absolute Gasteiger partial charge is 0.472 e. The number of aldehydes is 1. The smallest absolute Gasteiger partial charge is 0.420 e. The summed E-state index contributed by atoms with van der Waals surface area (Å²) in [7, 11) is 0. The van der Waals surface area contributed by atoms with Crippen LogP contribution in [-0.4, -0.2) is 39.4 Å². The van der Waals surface area contributed by atoms with Gasteiger partial charge in [-0.25, -0.2) is 9.97 Å². The summed E-state index contributed by atoms with van der Waals surface area (Å²) in [5, 5.41) is 0. The molecule has 0 unspecified atom stereocenters. The van der Waals surface area contributed by atoms with Crippen molar-refractivity contribution >= 4 is 12.0 Å². The highest BCUT2D eigenvalue weighted by molar-refractivity contribution is 5.94. The third kappa shape index (κ3) is 3.76. The molecule has 3 heterocycles. The summed E-state index contributed by atoms with van der Waals surface area (Å²) in [5.41, 5.74) is 0.330. The highest BCUT2D eigenvalue weighted by Gasteiger charge is 2.51. The summed E-state index contributed by atoms with van der Waals surface area (Å²) in [4.78, 5) is 26.2. The van der Waals surface area contributed by atoms with E-state index in [1.54, 1.807) is 24.5 Å². The van der Waals surface area contributed by atoms with Gasteiger partial charge in [-0.1, -0.05) is 12.1 Å². The second kappa shape index (κ2) is 8.34. The van der Waals surface area contributed by atoms with Gasteiger partial charge in [-0.2, -0.15) is 22.5 Å². The van der Waals surface area contributed by atoms with Crippen molar-refractivity contribution in [3.05, 3.63) is 65.9 Å². The zero-order valence-corrected chi connectivity index (χ0v) is 18.0. The molecular formula is C24H20F4N4O2. The average Bonchev–Trinajstić information content (AvgIpc) is 3.36. The van der Waals surface area contributed by atoms with Crippen LogP contribution < -0.4 is 9.64 Å². The van der Waals surface area contributed by atoms with E-state index < -0.39 is 23.8 Å². The number of ether oxygens (including phenoxy) is 1. The van der Waals surface area contributed by atoms with Gasteiger partial charge in [-0.15, -0.1) is 0 Å². The summed E-state index contributed by atoms with van der Waals surface area (Å²) < 4.78 is 58.4. The molecule has 34 heavy (non-hydrogen) atoms. The van der Waals surface area contributed by atoms with Crippen LogP contribution in [0.3, 0.4) is 0 Å². The molecule has 1 aromatic carbocycles. The number of hydrogen-bond donors (Lipinski definition) is 0. The lowest BCUT2D eigenvalue weighted by atomic mass is 9.96. The Balaban J connectivity index is 1.45. The maximum atomic E-state index is 13.9. The highest BCUT2D eigenvalue weighted by atomic mass is 19.4. The highest BCUT2D eigenvalue weighted by Crippen LogP contribution is 2.47. The summed E-state index contributed by atoms with van der Waals surface area (Å²) in [5.74, 6) is -1.14. The minimum absolute atomic E-state index is 0.104. The van der Waals surface area contributed by atoms with Crippen molar-refractivity contribution < 1.29 is 27.1 Å². The number of alkyl halides is 3. The fourth-order valence-corrected chi connectivity index (χ4v) is 5.14. The zero-order chi connectivity index (χ0) is 24.0. The van der Waals surface area contributed by atoms with Gasteiger partial charge in [-0.05, 0) is 43.9 Å². The van der Waals surface area contributed by atoms with Crippen LogP contribution in [0.25, 0.3) is 11.4 Å². The van der Waals surface area contributed by atoms with E-state index in [2.05, 4.69) is 26.8 Å². The Hall–Kier alpha value is -3.56. The van der Waals surface area contributed by atoms with Gasteiger partial charge < -0.3 is 9.64 Å². The Bertz CT molecular complexity index is 1220. The lowest BCUT2D eigenvalue weighted by molar-refractivity contribution is -0.140. The molecule has 0 radical (unpaired) electrons. The predicted molar refractivity (Wildman–Crippen MR) is 115 cm³/mol. The third-order valence-electron chi connectivity index (χ3n) is 6.67. The van der Waals surface area contributed by atoms with Crippen molar-refractivity contribution in [1.82, 2.24) is 15.0 Å². The number of aromatic nitrogens is 3. The maximum Gasteiger partial charge on any atom is 0.420 e. The molecule has 10 heteroatoms. The van der Waals surface area contributed by atoms with Gasteiger partial charge >= 0.3 is 6.18 Å². The Morgan fingerprint density at radius 2 is 1.85 bits per heavy atom. The maximum absolute atomic E-state index is 13.9. The van der Waals surface area contributed by atoms with Gasteiger partial charge in [0, 0.05) is 41.3 Å². The fraction of sp³-hybridized carbons (Fsp3) is 0.333. The lowest BCUT2D eigenvalue weighted by Gasteiger charge is -2.40. The second-order valence-electron chi connectivity index (χ2n) is 8.52. The molecule has 6 nitrogen and oxygen atoms in total. The molecule has 2 bridgehead atoms. The SMILES string of the molecule is C[C@@H]1[C@H]2C[C@@H](Oc3ccc(C(F)(F)F)c(F)n3)[C@H](C2)N1c1cccc(-c2ncccn2)c1C=O. The van der Waals surface area contributed by atoms with E-state index >= 15 is 0 Å². The van der Waals surface area contributed by atoms with Crippen LogP contribution in [0.15, 0.2) is 48.8 Å². The second-order valence-corrected chi connectivity index (χ2v) is 8.52. The molecular weight excluding hydrogens is 452 g/mol. The summed E-state index contributed by atoms with van der Waals surface area (Å²) in [6, 6.07) is 8.77. The third-order valence-corrected chi connectivity index (χ3v) is 6.67. The van der Waals surface area contributed by atoms with Crippen LogP contribution in [0.2, 0.25) is 0 Å². The Morgan fingerprint density at radius 1 is 1.09 bits per heavy atom. The van der Waals surface area contributed by atoms with E-state index in [1.807, 2.05) is 12.1 Å². The first-order valence-corrected chi connectivity index (χ1v) is 10.8. The van der Waals surface area contributed by atoms with Gasteiger partial charge in [-0.3, -0.25) is 4.79 Å². The fourth-order valence-electron chi connectivity index (χ4n) is 5.14. The first kappa shape index (κ1) is 22.2. The minimum atomic E-state index is -4.83. The van der Waals surface area contributed by atoms with Gasteiger partial charge in [0.1, 0.15) is 11.7 Å². The van der Waals surface area contributed by atoms with E-state index in [1.165, 1.54) is 0 Å². The average molecular weight is 472 g/mol. The van der Waals surface area contributed by atoms with Crippen LogP contribution in [0.5, 0.6) is 5.88 Å². The molecule has 2 aromatic heterocycles. The minimum Gasteiger partial charge on any atom is -0.472 e. The first-order valence-electron chi connectivity index (χ1n) is 10.8. The van der Waals surface area contributed by atoms with E-state index in [-0.39, 0.29) is 23.9 Å². The summed E-state index contributed by atoms with van der Waals surface area (Å²) in [6.45, 7) is 2.07. The van der Waals surface area contributed by atoms with Crippen LogP contribution >= 0.6 is 0 Å². The zero-order valence-electron chi connectivity index (χ0n) is 18.0. The summed E-state index contributed by atoms with van der Waals surface area (Å²) >= 11 is 0. The van der Waals surface area contributed by atoms with Crippen molar-refractivity contribution in [2.75, 3.05) is 4.90 Å². The van der Waals surface area contributed by atoms with Gasteiger partial charge in [0.2, 0.25) is 11.8 Å².